The molecule has 0 aliphatic carbocycles. The van der Waals surface area contributed by atoms with Crippen molar-refractivity contribution in [2.45, 2.75) is 152 Å². The third kappa shape index (κ3) is 14.5. The second kappa shape index (κ2) is 30.0. The normalized spacial score (nSPS) is 12.1. The molecule has 2 heterocycles. The number of fused-ring (bicyclic) bond motifs is 8. The first-order valence-corrected chi connectivity index (χ1v) is 33.1. The average Bonchev–Trinajstić information content (AvgIpc) is 2.13. The van der Waals surface area contributed by atoms with E-state index >= 15 is 0 Å². The van der Waals surface area contributed by atoms with Crippen molar-refractivity contribution < 1.29 is 9.47 Å². The fourth-order valence-electron chi connectivity index (χ4n) is 12.9. The number of rotatable bonds is 23. The summed E-state index contributed by atoms with van der Waals surface area (Å²) in [5, 5.41) is 10.3. The molecular weight excluding hydrogens is 1060 g/mol. The number of ether oxygens (including phenoxy) is 2. The highest BCUT2D eigenvalue weighted by molar-refractivity contribution is 6.11. The largest absolute Gasteiger partial charge is 0.493 e. The Labute approximate surface area is 520 Å². The number of benzene rings is 10. The number of hydrogen-bond donors (Lipinski definition) is 0. The molecule has 0 spiro atoms. The van der Waals surface area contributed by atoms with E-state index in [1.807, 2.05) is 0 Å². The molecule has 4 nitrogen and oxygen atoms in total. The van der Waals surface area contributed by atoms with Crippen LogP contribution in [0.15, 0.2) is 200 Å². The summed E-state index contributed by atoms with van der Waals surface area (Å²) in [4.78, 5) is 0. The molecule has 0 saturated heterocycles. The van der Waals surface area contributed by atoms with Crippen molar-refractivity contribution in [2.24, 2.45) is 11.8 Å². The van der Waals surface area contributed by atoms with Crippen LogP contribution < -0.4 is 9.47 Å². The third-order valence-electron chi connectivity index (χ3n) is 18.0. The topological polar surface area (TPSA) is 28.3 Å². The van der Waals surface area contributed by atoms with Gasteiger partial charge in [-0.25, -0.2) is 0 Å². The summed E-state index contributed by atoms with van der Waals surface area (Å²) in [6.45, 7) is 23.8. The van der Waals surface area contributed by atoms with Gasteiger partial charge in [-0.2, -0.15) is 0 Å². The van der Waals surface area contributed by atoms with E-state index in [2.05, 4.69) is 272 Å². The van der Waals surface area contributed by atoms with Crippen molar-refractivity contribution in [1.29, 1.82) is 0 Å². The Balaban J connectivity index is 0.000000150. The number of nitrogens with zero attached hydrogens (tertiary/aromatic N) is 2. The van der Waals surface area contributed by atoms with E-state index in [4.69, 9.17) is 9.47 Å². The van der Waals surface area contributed by atoms with E-state index in [1.54, 1.807) is 0 Å². The van der Waals surface area contributed by atoms with E-state index < -0.39 is 0 Å². The summed E-state index contributed by atoms with van der Waals surface area (Å²) in [5.74, 6) is 3.35. The summed E-state index contributed by atoms with van der Waals surface area (Å²) in [7, 11) is 0. The fourth-order valence-corrected chi connectivity index (χ4v) is 12.9. The average molecular weight is 1150 g/mol. The lowest BCUT2D eigenvalue weighted by Gasteiger charge is -2.20. The van der Waals surface area contributed by atoms with Crippen LogP contribution in [0.3, 0.4) is 0 Å². The molecule has 0 saturated carbocycles. The van der Waals surface area contributed by atoms with E-state index in [9.17, 15) is 0 Å². The van der Waals surface area contributed by atoms with Gasteiger partial charge in [-0.15, -0.1) is 0 Å². The van der Waals surface area contributed by atoms with E-state index in [-0.39, 0.29) is 0 Å². The zero-order valence-electron chi connectivity index (χ0n) is 53.7. The Morgan fingerprint density at radius 3 is 1.25 bits per heavy atom. The van der Waals surface area contributed by atoms with Gasteiger partial charge < -0.3 is 18.6 Å². The first kappa shape index (κ1) is 62.0. The molecule has 0 aliphatic rings. The molecule has 12 rings (SSSR count). The molecular formula is C83H94N2O2. The fraction of sp³-hybridized carbons (Fsp3) is 0.325. The van der Waals surface area contributed by atoms with Crippen LogP contribution in [0.4, 0.5) is 0 Å². The smallest absolute Gasteiger partial charge is 0.127 e. The second-order valence-corrected chi connectivity index (χ2v) is 24.5. The van der Waals surface area contributed by atoms with Gasteiger partial charge >= 0.3 is 0 Å². The zero-order valence-corrected chi connectivity index (χ0v) is 53.7. The Hall–Kier alpha value is -8.08. The Kier molecular flexibility index (Phi) is 21.4. The maximum Gasteiger partial charge on any atom is 0.127 e. The van der Waals surface area contributed by atoms with Crippen LogP contribution in [-0.2, 0) is 13.1 Å². The highest BCUT2D eigenvalue weighted by Crippen LogP contribution is 2.47. The third-order valence-corrected chi connectivity index (χ3v) is 18.0. The molecule has 10 aromatic carbocycles. The minimum atomic E-state index is 0.702. The molecule has 2 unspecified atom stereocenters. The van der Waals surface area contributed by atoms with Crippen molar-refractivity contribution >= 4 is 65.2 Å². The minimum Gasteiger partial charge on any atom is -0.493 e. The van der Waals surface area contributed by atoms with Crippen LogP contribution in [0.2, 0.25) is 0 Å². The zero-order chi connectivity index (χ0) is 60.7. The molecule has 87 heavy (non-hydrogen) atoms. The number of para-hydroxylation sites is 2. The van der Waals surface area contributed by atoms with Crippen molar-refractivity contribution in [3.63, 3.8) is 0 Å². The standard InChI is InChI=1S/C35H36O2.C27H31N.C21H27N/c1-4-6-21-36-32-19-16-26-12-8-9-14-30(26)34(32)35-31-18-15-28(27-13-10-11-25(3)23-27)24-29(31)17-20-33(35)37-22-7-5-2;1-4-6-11-21(5-2)19-28-26-14-8-7-13-24(26)25-16-15-23(18-27(25)28)22-12-9-10-20(3)17-22;1-4-6-9-17(5-2)15-22-20-11-8-7-10-18(20)19-13-12-16(3)14-21(19)22/h8-20,23-24H,4-7,21-22H2,1-3H3;7-10,12-18,21H,4-6,11,19H2,1-3H3;7-8,10-14,17H,4-6,9,15H2,1-3H3. The van der Waals surface area contributed by atoms with Crippen LogP contribution in [0.5, 0.6) is 11.5 Å². The van der Waals surface area contributed by atoms with Crippen molar-refractivity contribution in [1.82, 2.24) is 9.13 Å². The highest BCUT2D eigenvalue weighted by atomic mass is 16.5. The monoisotopic (exact) mass is 1150 g/mol. The van der Waals surface area contributed by atoms with Gasteiger partial charge in [0.2, 0.25) is 0 Å². The molecule has 0 amide bonds. The lowest BCUT2D eigenvalue weighted by atomic mass is 9.90. The molecule has 0 fully saturated rings. The SMILES string of the molecule is CCCCC(CC)Cn1c2ccccc2c2ccc(-c3cccc(C)c3)cc21.CCCCC(CC)Cn1c2ccccc2c2ccc(C)cc21.CCCCOc1ccc2ccccc2c1-c1c(OCCCC)ccc2cc(-c3cccc(C)c3)ccc12. The van der Waals surface area contributed by atoms with E-state index in [1.165, 1.54) is 155 Å². The summed E-state index contributed by atoms with van der Waals surface area (Å²) in [6.07, 6.45) is 14.7. The number of aromatic nitrogens is 2. The number of unbranched alkanes of at least 4 members (excludes halogenated alkanes) is 4. The van der Waals surface area contributed by atoms with Crippen molar-refractivity contribution in [3.8, 4) is 44.9 Å². The van der Waals surface area contributed by atoms with Gasteiger partial charge in [-0.1, -0.05) is 262 Å². The van der Waals surface area contributed by atoms with Crippen LogP contribution >= 0.6 is 0 Å². The lowest BCUT2D eigenvalue weighted by Crippen LogP contribution is -2.10. The molecule has 0 aliphatic heterocycles. The lowest BCUT2D eigenvalue weighted by molar-refractivity contribution is 0.306. The maximum absolute atomic E-state index is 6.44. The molecule has 4 heteroatoms. The van der Waals surface area contributed by atoms with Gasteiger partial charge in [0.25, 0.3) is 0 Å². The van der Waals surface area contributed by atoms with Crippen molar-refractivity contribution in [2.75, 3.05) is 13.2 Å². The van der Waals surface area contributed by atoms with Gasteiger partial charge in [0.15, 0.2) is 0 Å². The van der Waals surface area contributed by atoms with Crippen LogP contribution in [0.1, 0.15) is 135 Å². The predicted octanol–water partition coefficient (Wildman–Crippen LogP) is 24.3. The van der Waals surface area contributed by atoms with Gasteiger partial charge in [-0.05, 0) is 150 Å². The van der Waals surface area contributed by atoms with Gasteiger partial charge in [-0.3, -0.25) is 0 Å². The number of hydrogen-bond acceptors (Lipinski definition) is 2. The minimum absolute atomic E-state index is 0.702. The van der Waals surface area contributed by atoms with E-state index in [0.29, 0.717) is 13.2 Å². The van der Waals surface area contributed by atoms with Crippen LogP contribution in [0, 0.1) is 32.6 Å². The second-order valence-electron chi connectivity index (χ2n) is 24.5. The molecule has 2 aromatic heterocycles. The van der Waals surface area contributed by atoms with Gasteiger partial charge in [0, 0.05) is 67.8 Å². The molecule has 0 bridgehead atoms. The Morgan fingerprint density at radius 1 is 0.322 bits per heavy atom. The molecule has 2 atom stereocenters. The summed E-state index contributed by atoms with van der Waals surface area (Å²) >= 11 is 0. The van der Waals surface area contributed by atoms with Gasteiger partial charge in [0.05, 0.1) is 13.2 Å². The first-order chi connectivity index (χ1) is 42.6. The summed E-state index contributed by atoms with van der Waals surface area (Å²) < 4.78 is 18.0. The van der Waals surface area contributed by atoms with Crippen LogP contribution in [-0.4, -0.2) is 22.3 Å². The molecule has 12 aromatic rings. The summed E-state index contributed by atoms with van der Waals surface area (Å²) in [5.41, 5.74) is 16.8. The number of aryl methyl sites for hydroxylation is 3. The Morgan fingerprint density at radius 2 is 0.736 bits per heavy atom. The molecule has 0 N–H and O–H groups in total. The predicted molar refractivity (Wildman–Crippen MR) is 378 cm³/mol. The summed E-state index contributed by atoms with van der Waals surface area (Å²) in [6, 6.07) is 73.1. The molecule has 448 valence electrons. The first-order valence-electron chi connectivity index (χ1n) is 33.1. The Bertz CT molecular complexity index is 4210. The van der Waals surface area contributed by atoms with Crippen molar-refractivity contribution in [3.05, 3.63) is 217 Å². The van der Waals surface area contributed by atoms with Crippen LogP contribution in [0.25, 0.3) is 98.5 Å². The van der Waals surface area contributed by atoms with E-state index in [0.717, 1.165) is 73.2 Å². The highest BCUT2D eigenvalue weighted by Gasteiger charge is 2.21. The maximum atomic E-state index is 6.44. The van der Waals surface area contributed by atoms with Gasteiger partial charge in [0.1, 0.15) is 11.5 Å². The molecule has 0 radical (unpaired) electrons. The quantitative estimate of drug-likeness (QED) is 0.0597.